The molecule has 4 nitrogen and oxygen atoms in total. The molecule has 1 amide bonds. The molecule has 0 fully saturated rings. The van der Waals surface area contributed by atoms with Gasteiger partial charge in [0.05, 0.1) is 6.07 Å². The SMILES string of the molecule is N#CC(Cc1ccccc1)NC(=O)c1cc2cc(Cl)ccc2o1. The van der Waals surface area contributed by atoms with Crippen LogP contribution in [0.1, 0.15) is 16.1 Å². The smallest absolute Gasteiger partial charge is 0.288 e. The molecule has 0 saturated heterocycles. The van der Waals surface area contributed by atoms with Gasteiger partial charge in [0.2, 0.25) is 0 Å². The number of nitriles is 1. The van der Waals surface area contributed by atoms with Gasteiger partial charge in [0.25, 0.3) is 5.91 Å². The molecule has 3 rings (SSSR count). The molecule has 5 heteroatoms. The van der Waals surface area contributed by atoms with Crippen molar-refractivity contribution in [3.05, 3.63) is 70.9 Å². The van der Waals surface area contributed by atoms with Gasteiger partial charge in [-0.05, 0) is 29.8 Å². The summed E-state index contributed by atoms with van der Waals surface area (Å²) in [5.74, 6) is -0.254. The Balaban J connectivity index is 1.75. The predicted molar refractivity (Wildman–Crippen MR) is 88.2 cm³/mol. The number of furan rings is 1. The summed E-state index contributed by atoms with van der Waals surface area (Å²) in [6.45, 7) is 0. The van der Waals surface area contributed by atoms with Crippen LogP contribution in [0.5, 0.6) is 0 Å². The lowest BCUT2D eigenvalue weighted by Crippen LogP contribution is -2.35. The van der Waals surface area contributed by atoms with E-state index in [4.69, 9.17) is 16.0 Å². The third-order valence-electron chi connectivity index (χ3n) is 3.45. The van der Waals surface area contributed by atoms with E-state index in [2.05, 4.69) is 11.4 Å². The second-order valence-corrected chi connectivity index (χ2v) is 5.57. The minimum Gasteiger partial charge on any atom is -0.451 e. The Hall–Kier alpha value is -2.77. The summed E-state index contributed by atoms with van der Waals surface area (Å²) >= 11 is 5.92. The molecule has 1 N–H and O–H groups in total. The molecular weight excluding hydrogens is 312 g/mol. The van der Waals surface area contributed by atoms with Crippen LogP contribution in [0.15, 0.2) is 59.0 Å². The molecule has 0 aliphatic carbocycles. The van der Waals surface area contributed by atoms with E-state index in [1.165, 1.54) is 0 Å². The normalized spacial score (nSPS) is 11.8. The number of hydrogen-bond donors (Lipinski definition) is 1. The summed E-state index contributed by atoms with van der Waals surface area (Å²) < 4.78 is 5.50. The number of amides is 1. The lowest BCUT2D eigenvalue weighted by molar-refractivity contribution is 0.0919. The summed E-state index contributed by atoms with van der Waals surface area (Å²) in [5.41, 5.74) is 1.56. The summed E-state index contributed by atoms with van der Waals surface area (Å²) in [6.07, 6.45) is 0.440. The highest BCUT2D eigenvalue weighted by Gasteiger charge is 2.17. The molecule has 2 aromatic carbocycles. The monoisotopic (exact) mass is 324 g/mol. The van der Waals surface area contributed by atoms with Crippen LogP contribution < -0.4 is 5.32 Å². The third-order valence-corrected chi connectivity index (χ3v) is 3.68. The molecule has 1 heterocycles. The molecule has 114 valence electrons. The lowest BCUT2D eigenvalue weighted by Gasteiger charge is -2.10. The van der Waals surface area contributed by atoms with E-state index in [1.54, 1.807) is 24.3 Å². The molecule has 3 aromatic rings. The third kappa shape index (κ3) is 3.53. The molecule has 0 radical (unpaired) electrons. The van der Waals surface area contributed by atoms with Gasteiger partial charge in [-0.25, -0.2) is 0 Å². The summed E-state index contributed by atoms with van der Waals surface area (Å²) in [7, 11) is 0. The van der Waals surface area contributed by atoms with Gasteiger partial charge in [-0.3, -0.25) is 4.79 Å². The van der Waals surface area contributed by atoms with Crippen molar-refractivity contribution >= 4 is 28.5 Å². The molecule has 0 spiro atoms. The van der Waals surface area contributed by atoms with E-state index in [0.717, 1.165) is 10.9 Å². The van der Waals surface area contributed by atoms with Gasteiger partial charge < -0.3 is 9.73 Å². The molecule has 1 unspecified atom stereocenters. The van der Waals surface area contributed by atoms with Crippen molar-refractivity contribution in [1.29, 1.82) is 5.26 Å². The van der Waals surface area contributed by atoms with Crippen LogP contribution in [0.25, 0.3) is 11.0 Å². The first kappa shape index (κ1) is 15.1. The van der Waals surface area contributed by atoms with Crippen LogP contribution >= 0.6 is 11.6 Å². The number of carbonyl (C=O) groups is 1. The Bertz CT molecular complexity index is 881. The van der Waals surface area contributed by atoms with Gasteiger partial charge in [0, 0.05) is 16.8 Å². The minimum atomic E-state index is -0.623. The molecule has 0 aliphatic heterocycles. The highest BCUT2D eigenvalue weighted by molar-refractivity contribution is 6.31. The first-order valence-electron chi connectivity index (χ1n) is 7.09. The predicted octanol–water partition coefficient (Wildman–Crippen LogP) is 3.95. The van der Waals surface area contributed by atoms with Gasteiger partial charge >= 0.3 is 0 Å². The molecule has 23 heavy (non-hydrogen) atoms. The molecule has 0 bridgehead atoms. The number of rotatable bonds is 4. The Morgan fingerprint density at radius 2 is 2.00 bits per heavy atom. The molecule has 0 aliphatic rings. The van der Waals surface area contributed by atoms with Crippen molar-refractivity contribution in [2.75, 3.05) is 0 Å². The van der Waals surface area contributed by atoms with E-state index in [9.17, 15) is 10.1 Å². The number of nitrogens with one attached hydrogen (secondary N) is 1. The molecular formula is C18H13ClN2O2. The van der Waals surface area contributed by atoms with Crippen molar-refractivity contribution in [1.82, 2.24) is 5.32 Å². The number of halogens is 1. The number of fused-ring (bicyclic) bond motifs is 1. The first-order valence-corrected chi connectivity index (χ1v) is 7.47. The fourth-order valence-corrected chi connectivity index (χ4v) is 2.51. The average Bonchev–Trinajstić information content (AvgIpc) is 2.98. The summed E-state index contributed by atoms with van der Waals surface area (Å²) in [4.78, 5) is 12.3. The fourth-order valence-electron chi connectivity index (χ4n) is 2.33. The van der Waals surface area contributed by atoms with E-state index in [-0.39, 0.29) is 5.76 Å². The largest absolute Gasteiger partial charge is 0.451 e. The zero-order chi connectivity index (χ0) is 16.2. The Morgan fingerprint density at radius 1 is 1.22 bits per heavy atom. The maximum Gasteiger partial charge on any atom is 0.288 e. The molecule has 1 aromatic heterocycles. The van der Waals surface area contributed by atoms with Crippen LogP contribution in [0.2, 0.25) is 5.02 Å². The maximum absolute atomic E-state index is 12.3. The van der Waals surface area contributed by atoms with Gasteiger partial charge in [-0.2, -0.15) is 5.26 Å². The van der Waals surface area contributed by atoms with Crippen molar-refractivity contribution in [3.63, 3.8) is 0 Å². The van der Waals surface area contributed by atoms with Gasteiger partial charge in [0.1, 0.15) is 11.6 Å². The lowest BCUT2D eigenvalue weighted by atomic mass is 10.1. The maximum atomic E-state index is 12.3. The first-order chi connectivity index (χ1) is 11.2. The summed E-state index contributed by atoms with van der Waals surface area (Å²) in [6, 6.07) is 17.8. The van der Waals surface area contributed by atoms with Crippen LogP contribution in [0.3, 0.4) is 0 Å². The quantitative estimate of drug-likeness (QED) is 0.790. The number of carbonyl (C=O) groups excluding carboxylic acids is 1. The van der Waals surface area contributed by atoms with Gasteiger partial charge in [-0.15, -0.1) is 0 Å². The van der Waals surface area contributed by atoms with Crippen LogP contribution in [0, 0.1) is 11.3 Å². The minimum absolute atomic E-state index is 0.163. The van der Waals surface area contributed by atoms with Gasteiger partial charge in [0.15, 0.2) is 5.76 Å². The fraction of sp³-hybridized carbons (Fsp3) is 0.111. The zero-order valence-electron chi connectivity index (χ0n) is 12.1. The summed E-state index contributed by atoms with van der Waals surface area (Å²) in [5, 5.41) is 13.2. The molecule has 1 atom stereocenters. The van der Waals surface area contributed by atoms with Crippen molar-refractivity contribution in [2.24, 2.45) is 0 Å². The number of hydrogen-bond acceptors (Lipinski definition) is 3. The van der Waals surface area contributed by atoms with Crippen LogP contribution in [-0.4, -0.2) is 11.9 Å². The van der Waals surface area contributed by atoms with E-state index < -0.39 is 11.9 Å². The highest BCUT2D eigenvalue weighted by atomic mass is 35.5. The standard InChI is InChI=1S/C18H13ClN2O2/c19-14-6-7-16-13(9-14)10-17(23-16)18(22)21-15(11-20)8-12-4-2-1-3-5-12/h1-7,9-10,15H,8H2,(H,21,22). The van der Waals surface area contributed by atoms with E-state index in [1.807, 2.05) is 30.3 Å². The Kier molecular flexibility index (Phi) is 4.31. The van der Waals surface area contributed by atoms with E-state index >= 15 is 0 Å². The number of benzene rings is 2. The zero-order valence-corrected chi connectivity index (χ0v) is 12.9. The Labute approximate surface area is 138 Å². The van der Waals surface area contributed by atoms with Crippen molar-refractivity contribution in [2.45, 2.75) is 12.5 Å². The topological polar surface area (TPSA) is 66.0 Å². The Morgan fingerprint density at radius 3 is 2.74 bits per heavy atom. The van der Waals surface area contributed by atoms with Crippen LogP contribution in [-0.2, 0) is 6.42 Å². The van der Waals surface area contributed by atoms with Crippen molar-refractivity contribution in [3.8, 4) is 6.07 Å². The second-order valence-electron chi connectivity index (χ2n) is 5.14. The molecule has 0 saturated carbocycles. The number of nitrogens with zero attached hydrogens (tertiary/aromatic N) is 1. The van der Waals surface area contributed by atoms with E-state index in [0.29, 0.717) is 17.0 Å². The van der Waals surface area contributed by atoms with Crippen LogP contribution in [0.4, 0.5) is 0 Å². The second kappa shape index (κ2) is 6.55. The van der Waals surface area contributed by atoms with Gasteiger partial charge in [-0.1, -0.05) is 41.9 Å². The highest BCUT2D eigenvalue weighted by Crippen LogP contribution is 2.23. The van der Waals surface area contributed by atoms with Crippen molar-refractivity contribution < 1.29 is 9.21 Å². The average molecular weight is 325 g/mol.